The van der Waals surface area contributed by atoms with Gasteiger partial charge in [0.15, 0.2) is 0 Å². The van der Waals surface area contributed by atoms with Crippen LogP contribution in [0.5, 0.6) is 0 Å². The topological polar surface area (TPSA) is 78.4 Å². The summed E-state index contributed by atoms with van der Waals surface area (Å²) < 4.78 is 0.0271. The van der Waals surface area contributed by atoms with E-state index in [2.05, 4.69) is 38.3 Å². The van der Waals surface area contributed by atoms with E-state index in [0.717, 1.165) is 6.42 Å². The number of carbonyl (C=O) groups is 2. The smallest absolute Gasteiger partial charge is 0.314 e. The van der Waals surface area contributed by atoms with Gasteiger partial charge in [-0.15, -0.1) is 0 Å². The van der Waals surface area contributed by atoms with Crippen molar-refractivity contribution in [3.63, 3.8) is 0 Å². The summed E-state index contributed by atoms with van der Waals surface area (Å²) in [5.74, 6) is -0.0145. The van der Waals surface area contributed by atoms with E-state index in [9.17, 15) is 9.59 Å². The number of carboxylic acid groups (broad SMARTS) is 1. The Labute approximate surface area is 132 Å². The van der Waals surface area contributed by atoms with E-state index in [-0.39, 0.29) is 17.2 Å². The molecule has 2 amide bonds. The normalized spacial score (nSPS) is 13.0. The standard InChI is InChI=1S/C15H30N2O3S/c1-11(2)12(6-7-13(18)19)8-9-16-14(20)17-10-15(3,4)21-5/h11-12H,6-10H2,1-5H3,(H,18,19)(H2,16,17,20). The molecule has 0 aliphatic rings. The van der Waals surface area contributed by atoms with E-state index in [4.69, 9.17) is 5.11 Å². The van der Waals surface area contributed by atoms with Crippen LogP contribution in [0.2, 0.25) is 0 Å². The van der Waals surface area contributed by atoms with Gasteiger partial charge in [0.2, 0.25) is 0 Å². The van der Waals surface area contributed by atoms with Gasteiger partial charge in [0.1, 0.15) is 0 Å². The Morgan fingerprint density at radius 3 is 2.29 bits per heavy atom. The molecule has 0 aromatic heterocycles. The number of hydrogen-bond acceptors (Lipinski definition) is 3. The molecule has 0 saturated heterocycles. The average Bonchev–Trinajstić information content (AvgIpc) is 2.39. The minimum atomic E-state index is -0.759. The molecule has 5 nitrogen and oxygen atoms in total. The van der Waals surface area contributed by atoms with Gasteiger partial charge in [-0.25, -0.2) is 4.79 Å². The first-order chi connectivity index (χ1) is 9.68. The molecule has 6 heteroatoms. The summed E-state index contributed by atoms with van der Waals surface area (Å²) in [6.07, 6.45) is 3.69. The summed E-state index contributed by atoms with van der Waals surface area (Å²) >= 11 is 1.71. The fourth-order valence-corrected chi connectivity index (χ4v) is 2.14. The lowest BCUT2D eigenvalue weighted by atomic mass is 9.88. The molecule has 0 aliphatic carbocycles. The fraction of sp³-hybridized carbons (Fsp3) is 0.867. The molecule has 0 fully saturated rings. The van der Waals surface area contributed by atoms with Crippen LogP contribution >= 0.6 is 11.8 Å². The highest BCUT2D eigenvalue weighted by Gasteiger charge is 2.18. The van der Waals surface area contributed by atoms with Gasteiger partial charge in [-0.1, -0.05) is 13.8 Å². The molecule has 124 valence electrons. The quantitative estimate of drug-likeness (QED) is 0.578. The molecule has 0 aromatic carbocycles. The molecule has 21 heavy (non-hydrogen) atoms. The van der Waals surface area contributed by atoms with Gasteiger partial charge in [-0.05, 0) is 44.8 Å². The molecule has 0 aliphatic heterocycles. The van der Waals surface area contributed by atoms with Gasteiger partial charge in [0.05, 0.1) is 0 Å². The number of rotatable bonds is 10. The highest BCUT2D eigenvalue weighted by molar-refractivity contribution is 7.99. The van der Waals surface area contributed by atoms with Crippen LogP contribution in [0.4, 0.5) is 4.79 Å². The van der Waals surface area contributed by atoms with Crippen molar-refractivity contribution < 1.29 is 14.7 Å². The lowest BCUT2D eigenvalue weighted by molar-refractivity contribution is -0.137. The van der Waals surface area contributed by atoms with E-state index in [0.29, 0.717) is 31.3 Å². The van der Waals surface area contributed by atoms with E-state index in [1.54, 1.807) is 11.8 Å². The van der Waals surface area contributed by atoms with Crippen molar-refractivity contribution in [1.82, 2.24) is 10.6 Å². The van der Waals surface area contributed by atoms with Crippen LogP contribution in [0.1, 0.15) is 47.0 Å². The zero-order valence-corrected chi connectivity index (χ0v) is 14.7. The van der Waals surface area contributed by atoms with Gasteiger partial charge < -0.3 is 15.7 Å². The van der Waals surface area contributed by atoms with Gasteiger partial charge in [-0.2, -0.15) is 11.8 Å². The minimum absolute atomic E-state index is 0.0271. The lowest BCUT2D eigenvalue weighted by Crippen LogP contribution is -2.42. The molecule has 0 heterocycles. The summed E-state index contributed by atoms with van der Waals surface area (Å²) in [6, 6.07) is -0.155. The predicted octanol–water partition coefficient (Wildman–Crippen LogP) is 2.95. The number of amides is 2. The van der Waals surface area contributed by atoms with Crippen LogP contribution in [0, 0.1) is 11.8 Å². The zero-order chi connectivity index (χ0) is 16.5. The first-order valence-corrected chi connectivity index (χ1v) is 8.69. The summed E-state index contributed by atoms with van der Waals surface area (Å²) in [5, 5.41) is 14.5. The van der Waals surface area contributed by atoms with Crippen LogP contribution in [0.15, 0.2) is 0 Å². The highest BCUT2D eigenvalue weighted by Crippen LogP contribution is 2.21. The third-order valence-corrected chi connectivity index (χ3v) is 4.95. The Hall–Kier alpha value is -0.910. The Balaban J connectivity index is 3.97. The second-order valence-electron chi connectivity index (χ2n) is 6.30. The molecular weight excluding hydrogens is 288 g/mol. The summed E-state index contributed by atoms with van der Waals surface area (Å²) in [5.41, 5.74) is 0. The van der Waals surface area contributed by atoms with Gasteiger partial charge in [0, 0.05) is 24.3 Å². The maximum absolute atomic E-state index is 11.7. The Kier molecular flexibility index (Phi) is 9.49. The van der Waals surface area contributed by atoms with Crippen LogP contribution in [0.25, 0.3) is 0 Å². The minimum Gasteiger partial charge on any atom is -0.481 e. The highest BCUT2D eigenvalue weighted by atomic mass is 32.2. The molecule has 0 saturated carbocycles. The third kappa shape index (κ3) is 10.5. The predicted molar refractivity (Wildman–Crippen MR) is 88.8 cm³/mol. The van der Waals surface area contributed by atoms with Crippen LogP contribution < -0.4 is 10.6 Å². The maximum atomic E-state index is 11.7. The molecule has 0 rings (SSSR count). The molecule has 0 aromatic rings. The van der Waals surface area contributed by atoms with Crippen molar-refractivity contribution in [1.29, 1.82) is 0 Å². The maximum Gasteiger partial charge on any atom is 0.314 e. The molecule has 3 N–H and O–H groups in total. The summed E-state index contributed by atoms with van der Waals surface area (Å²) in [4.78, 5) is 22.3. The lowest BCUT2D eigenvalue weighted by Gasteiger charge is -2.23. The van der Waals surface area contributed by atoms with Crippen LogP contribution in [-0.4, -0.2) is 41.2 Å². The van der Waals surface area contributed by atoms with Crippen molar-refractivity contribution in [3.05, 3.63) is 0 Å². The van der Waals surface area contributed by atoms with E-state index in [1.807, 2.05) is 6.26 Å². The largest absolute Gasteiger partial charge is 0.481 e. The molecule has 0 spiro atoms. The molecule has 1 atom stereocenters. The van der Waals surface area contributed by atoms with E-state index in [1.165, 1.54) is 0 Å². The van der Waals surface area contributed by atoms with E-state index >= 15 is 0 Å². The van der Waals surface area contributed by atoms with Gasteiger partial charge in [-0.3, -0.25) is 4.79 Å². The Morgan fingerprint density at radius 2 is 1.81 bits per heavy atom. The number of urea groups is 1. The van der Waals surface area contributed by atoms with Crippen molar-refractivity contribution in [2.75, 3.05) is 19.3 Å². The molecule has 0 bridgehead atoms. The van der Waals surface area contributed by atoms with Crippen molar-refractivity contribution in [2.24, 2.45) is 11.8 Å². The number of aliphatic carboxylic acids is 1. The SMILES string of the molecule is CSC(C)(C)CNC(=O)NCCC(CCC(=O)O)C(C)C. The molecule has 0 radical (unpaired) electrons. The molecular formula is C15H30N2O3S. The van der Waals surface area contributed by atoms with Gasteiger partial charge in [0.25, 0.3) is 0 Å². The second-order valence-corrected chi connectivity index (χ2v) is 7.81. The number of carbonyl (C=O) groups excluding carboxylic acids is 1. The number of carboxylic acids is 1. The average molecular weight is 318 g/mol. The summed E-state index contributed by atoms with van der Waals surface area (Å²) in [7, 11) is 0. The number of thioether (sulfide) groups is 1. The summed E-state index contributed by atoms with van der Waals surface area (Å²) in [6.45, 7) is 9.54. The Bertz CT molecular complexity index is 333. The van der Waals surface area contributed by atoms with Gasteiger partial charge >= 0.3 is 12.0 Å². The Morgan fingerprint density at radius 1 is 1.19 bits per heavy atom. The first-order valence-electron chi connectivity index (χ1n) is 7.46. The second kappa shape index (κ2) is 9.92. The number of nitrogens with one attached hydrogen (secondary N) is 2. The van der Waals surface area contributed by atoms with Crippen LogP contribution in [-0.2, 0) is 4.79 Å². The number of hydrogen-bond donors (Lipinski definition) is 3. The molecule has 1 unspecified atom stereocenters. The van der Waals surface area contributed by atoms with E-state index < -0.39 is 5.97 Å². The van der Waals surface area contributed by atoms with Crippen molar-refractivity contribution in [2.45, 2.75) is 51.7 Å². The third-order valence-electron chi connectivity index (χ3n) is 3.70. The van der Waals surface area contributed by atoms with Crippen molar-refractivity contribution >= 4 is 23.8 Å². The first kappa shape index (κ1) is 20.1. The fourth-order valence-electron chi connectivity index (χ4n) is 1.92. The van der Waals surface area contributed by atoms with Crippen LogP contribution in [0.3, 0.4) is 0 Å². The zero-order valence-electron chi connectivity index (χ0n) is 13.9. The van der Waals surface area contributed by atoms with Crippen molar-refractivity contribution in [3.8, 4) is 0 Å². The monoisotopic (exact) mass is 318 g/mol.